The number of carbonyl (C=O) groups is 2. The van der Waals surface area contributed by atoms with Crippen molar-refractivity contribution < 1.29 is 14.7 Å². The van der Waals surface area contributed by atoms with Crippen LogP contribution in [0.1, 0.15) is 62.8 Å². The molecule has 0 aliphatic heterocycles. The van der Waals surface area contributed by atoms with E-state index in [1.807, 2.05) is 0 Å². The van der Waals surface area contributed by atoms with Crippen LogP contribution in [0, 0.1) is 5.92 Å². The SMILES string of the molecule is O=C(O)CCCCc1nnc(NC(=O)CC2CCCCC2)s1. The number of unbranched alkanes of at least 4 members (excludes halogenated alkanes) is 1. The van der Waals surface area contributed by atoms with Crippen LogP contribution in [0.4, 0.5) is 5.13 Å². The van der Waals surface area contributed by atoms with Gasteiger partial charge in [0.05, 0.1) is 0 Å². The van der Waals surface area contributed by atoms with Crippen LogP contribution in [0.5, 0.6) is 0 Å². The van der Waals surface area contributed by atoms with Crippen LogP contribution >= 0.6 is 11.3 Å². The van der Waals surface area contributed by atoms with Gasteiger partial charge in [-0.3, -0.25) is 9.59 Å². The van der Waals surface area contributed by atoms with Gasteiger partial charge in [-0.2, -0.15) is 0 Å². The van der Waals surface area contributed by atoms with Gasteiger partial charge in [0.15, 0.2) is 0 Å². The van der Waals surface area contributed by atoms with Crippen LogP contribution in [0.25, 0.3) is 0 Å². The fourth-order valence-electron chi connectivity index (χ4n) is 2.78. The Kier molecular flexibility index (Phi) is 6.76. The zero-order chi connectivity index (χ0) is 15.8. The van der Waals surface area contributed by atoms with Crippen LogP contribution in [-0.2, 0) is 16.0 Å². The van der Waals surface area contributed by atoms with Crippen molar-refractivity contribution in [2.24, 2.45) is 5.92 Å². The van der Waals surface area contributed by atoms with Gasteiger partial charge in [0, 0.05) is 19.3 Å². The highest BCUT2D eigenvalue weighted by atomic mass is 32.1. The van der Waals surface area contributed by atoms with Crippen molar-refractivity contribution in [1.82, 2.24) is 10.2 Å². The summed E-state index contributed by atoms with van der Waals surface area (Å²) in [5.41, 5.74) is 0. The van der Waals surface area contributed by atoms with E-state index in [4.69, 9.17) is 5.11 Å². The van der Waals surface area contributed by atoms with E-state index < -0.39 is 5.97 Å². The Morgan fingerprint density at radius 1 is 1.18 bits per heavy atom. The molecule has 0 atom stereocenters. The minimum Gasteiger partial charge on any atom is -0.481 e. The molecule has 1 aliphatic carbocycles. The molecular weight excluding hydrogens is 302 g/mol. The second-order valence-electron chi connectivity index (χ2n) is 5.86. The van der Waals surface area contributed by atoms with E-state index in [0.29, 0.717) is 30.3 Å². The highest BCUT2D eigenvalue weighted by molar-refractivity contribution is 7.15. The molecule has 0 bridgehead atoms. The normalized spacial score (nSPS) is 15.6. The molecule has 0 unspecified atom stereocenters. The fraction of sp³-hybridized carbons (Fsp3) is 0.733. The van der Waals surface area contributed by atoms with E-state index in [1.165, 1.54) is 30.6 Å². The third kappa shape index (κ3) is 6.09. The first-order valence-corrected chi connectivity index (χ1v) is 8.79. The van der Waals surface area contributed by atoms with Gasteiger partial charge in [0.1, 0.15) is 5.01 Å². The number of anilines is 1. The lowest BCUT2D eigenvalue weighted by Crippen LogP contribution is -2.18. The molecule has 122 valence electrons. The second-order valence-corrected chi connectivity index (χ2v) is 6.92. The van der Waals surface area contributed by atoms with Crippen molar-refractivity contribution in [3.63, 3.8) is 0 Å². The van der Waals surface area contributed by atoms with E-state index in [-0.39, 0.29) is 12.3 Å². The molecule has 22 heavy (non-hydrogen) atoms. The number of amides is 1. The molecule has 1 fully saturated rings. The summed E-state index contributed by atoms with van der Waals surface area (Å²) in [6, 6.07) is 0. The van der Waals surface area contributed by atoms with Gasteiger partial charge in [-0.15, -0.1) is 10.2 Å². The summed E-state index contributed by atoms with van der Waals surface area (Å²) in [7, 11) is 0. The highest BCUT2D eigenvalue weighted by Gasteiger charge is 2.18. The van der Waals surface area contributed by atoms with Crippen molar-refractivity contribution in [3.05, 3.63) is 5.01 Å². The van der Waals surface area contributed by atoms with Crippen LogP contribution in [0.3, 0.4) is 0 Å². The van der Waals surface area contributed by atoms with Gasteiger partial charge in [-0.05, 0) is 31.6 Å². The standard InChI is InChI=1S/C15H23N3O3S/c19-12(10-11-6-2-1-3-7-11)16-15-18-17-13(22-15)8-4-5-9-14(20)21/h11H,1-10H2,(H,20,21)(H,16,18,19). The topological polar surface area (TPSA) is 92.2 Å². The number of carboxylic acid groups (broad SMARTS) is 1. The lowest BCUT2D eigenvalue weighted by molar-refractivity contribution is -0.137. The van der Waals surface area contributed by atoms with E-state index >= 15 is 0 Å². The van der Waals surface area contributed by atoms with Crippen molar-refractivity contribution in [3.8, 4) is 0 Å². The highest BCUT2D eigenvalue weighted by Crippen LogP contribution is 2.27. The molecule has 0 radical (unpaired) electrons. The van der Waals surface area contributed by atoms with Gasteiger partial charge in [0.25, 0.3) is 0 Å². The maximum atomic E-state index is 12.0. The lowest BCUT2D eigenvalue weighted by atomic mass is 9.87. The number of aryl methyl sites for hydroxylation is 1. The molecule has 1 saturated carbocycles. The van der Waals surface area contributed by atoms with Crippen LogP contribution < -0.4 is 5.32 Å². The first kappa shape index (κ1) is 16.9. The first-order valence-electron chi connectivity index (χ1n) is 7.97. The van der Waals surface area contributed by atoms with E-state index in [9.17, 15) is 9.59 Å². The van der Waals surface area contributed by atoms with E-state index in [0.717, 1.165) is 24.3 Å². The number of nitrogens with zero attached hydrogens (tertiary/aromatic N) is 2. The maximum Gasteiger partial charge on any atom is 0.303 e. The Bertz CT molecular complexity index is 498. The molecule has 1 heterocycles. The largest absolute Gasteiger partial charge is 0.481 e. The van der Waals surface area contributed by atoms with Gasteiger partial charge in [0.2, 0.25) is 11.0 Å². The molecule has 1 aromatic heterocycles. The zero-order valence-corrected chi connectivity index (χ0v) is 13.5. The minimum absolute atomic E-state index is 0.0282. The third-order valence-corrected chi connectivity index (χ3v) is 4.84. The lowest BCUT2D eigenvalue weighted by Gasteiger charge is -2.20. The van der Waals surface area contributed by atoms with Gasteiger partial charge in [-0.1, -0.05) is 30.6 Å². The monoisotopic (exact) mass is 325 g/mol. The Morgan fingerprint density at radius 3 is 2.68 bits per heavy atom. The molecule has 0 aromatic carbocycles. The van der Waals surface area contributed by atoms with Crippen molar-refractivity contribution in [2.75, 3.05) is 5.32 Å². The molecule has 2 N–H and O–H groups in total. The van der Waals surface area contributed by atoms with E-state index in [1.54, 1.807) is 0 Å². The summed E-state index contributed by atoms with van der Waals surface area (Å²) in [5, 5.41) is 20.8. The molecule has 7 heteroatoms. The molecule has 6 nitrogen and oxygen atoms in total. The summed E-state index contributed by atoms with van der Waals surface area (Å²) >= 11 is 1.38. The molecule has 0 saturated heterocycles. The van der Waals surface area contributed by atoms with Crippen LogP contribution in [0.2, 0.25) is 0 Å². The Hall–Kier alpha value is -1.50. The van der Waals surface area contributed by atoms with Gasteiger partial charge < -0.3 is 10.4 Å². The Balaban J connectivity index is 1.69. The number of rotatable bonds is 8. The molecule has 0 spiro atoms. The fourth-order valence-corrected chi connectivity index (χ4v) is 3.58. The van der Waals surface area contributed by atoms with Crippen molar-refractivity contribution >= 4 is 28.3 Å². The molecular formula is C15H23N3O3S. The molecule has 1 aromatic rings. The molecule has 1 aliphatic rings. The summed E-state index contributed by atoms with van der Waals surface area (Å²) in [5.74, 6) is -0.231. The van der Waals surface area contributed by atoms with Crippen molar-refractivity contribution in [1.29, 1.82) is 0 Å². The summed E-state index contributed by atoms with van der Waals surface area (Å²) in [4.78, 5) is 22.4. The molecule has 1 amide bonds. The van der Waals surface area contributed by atoms with Crippen LogP contribution in [0.15, 0.2) is 0 Å². The summed E-state index contributed by atoms with van der Waals surface area (Å²) in [6.45, 7) is 0. The zero-order valence-electron chi connectivity index (χ0n) is 12.7. The number of nitrogens with one attached hydrogen (secondary N) is 1. The number of aromatic nitrogens is 2. The average Bonchev–Trinajstić information content (AvgIpc) is 2.92. The number of carboxylic acids is 1. The Morgan fingerprint density at radius 2 is 1.95 bits per heavy atom. The Labute approximate surface area is 134 Å². The van der Waals surface area contributed by atoms with Gasteiger partial charge in [-0.25, -0.2) is 0 Å². The maximum absolute atomic E-state index is 12.0. The first-order chi connectivity index (χ1) is 10.6. The second kappa shape index (κ2) is 8.82. The number of hydrogen-bond acceptors (Lipinski definition) is 5. The summed E-state index contributed by atoms with van der Waals surface area (Å²) < 4.78 is 0. The van der Waals surface area contributed by atoms with Crippen LogP contribution in [-0.4, -0.2) is 27.2 Å². The number of hydrogen-bond donors (Lipinski definition) is 2. The number of aliphatic carboxylic acids is 1. The summed E-state index contributed by atoms with van der Waals surface area (Å²) in [6.07, 6.45) is 8.95. The predicted molar refractivity (Wildman–Crippen MR) is 84.9 cm³/mol. The number of carbonyl (C=O) groups excluding carboxylic acids is 1. The van der Waals surface area contributed by atoms with E-state index in [2.05, 4.69) is 15.5 Å². The molecule has 2 rings (SSSR count). The van der Waals surface area contributed by atoms with Crippen molar-refractivity contribution in [2.45, 2.75) is 64.2 Å². The smallest absolute Gasteiger partial charge is 0.303 e. The average molecular weight is 325 g/mol. The van der Waals surface area contributed by atoms with Gasteiger partial charge >= 0.3 is 5.97 Å². The quantitative estimate of drug-likeness (QED) is 0.716. The third-order valence-electron chi connectivity index (χ3n) is 3.94. The minimum atomic E-state index is -0.770. The predicted octanol–water partition coefficient (Wildman–Crippen LogP) is 3.24.